The maximum atomic E-state index is 5.89. The second-order valence-electron chi connectivity index (χ2n) is 5.81. The third kappa shape index (κ3) is 4.77. The summed E-state index contributed by atoms with van der Waals surface area (Å²) < 4.78 is 5.89. The highest BCUT2D eigenvalue weighted by molar-refractivity contribution is 5.37. The zero-order chi connectivity index (χ0) is 15.8. The van der Waals surface area contributed by atoms with Gasteiger partial charge >= 0.3 is 0 Å². The Bertz CT molecular complexity index is 599. The van der Waals surface area contributed by atoms with Crippen LogP contribution in [-0.2, 0) is 6.61 Å². The molecular weight excluding hydrogens is 268 g/mol. The Labute approximate surface area is 134 Å². The van der Waals surface area contributed by atoms with Gasteiger partial charge in [-0.05, 0) is 54.5 Å². The van der Waals surface area contributed by atoms with Crippen molar-refractivity contribution in [2.75, 3.05) is 0 Å². The molecule has 1 nitrogen and oxygen atoms in total. The van der Waals surface area contributed by atoms with Gasteiger partial charge in [0.05, 0.1) is 0 Å². The molecule has 2 aromatic rings. The van der Waals surface area contributed by atoms with E-state index in [2.05, 4.69) is 63.3 Å². The van der Waals surface area contributed by atoms with Crippen molar-refractivity contribution >= 4 is 0 Å². The zero-order valence-corrected chi connectivity index (χ0v) is 13.9. The molecule has 0 saturated carbocycles. The molecule has 0 radical (unpaired) electrons. The first-order chi connectivity index (χ1) is 10.7. The van der Waals surface area contributed by atoms with Crippen molar-refractivity contribution in [2.24, 2.45) is 0 Å². The van der Waals surface area contributed by atoms with E-state index in [0.717, 1.165) is 18.6 Å². The van der Waals surface area contributed by atoms with Gasteiger partial charge in [-0.2, -0.15) is 0 Å². The second kappa shape index (κ2) is 8.43. The summed E-state index contributed by atoms with van der Waals surface area (Å²) in [5.41, 5.74) is 3.91. The summed E-state index contributed by atoms with van der Waals surface area (Å²) in [6.07, 6.45) is 6.73. The van der Waals surface area contributed by atoms with E-state index in [-0.39, 0.29) is 0 Å². The molecule has 0 bridgehead atoms. The van der Waals surface area contributed by atoms with Gasteiger partial charge in [0.2, 0.25) is 0 Å². The molecule has 22 heavy (non-hydrogen) atoms. The molecule has 0 aliphatic carbocycles. The van der Waals surface area contributed by atoms with Crippen LogP contribution >= 0.6 is 0 Å². The van der Waals surface area contributed by atoms with Crippen LogP contribution in [0.3, 0.4) is 0 Å². The van der Waals surface area contributed by atoms with Gasteiger partial charge in [0.15, 0.2) is 0 Å². The van der Waals surface area contributed by atoms with Crippen LogP contribution in [0.5, 0.6) is 5.75 Å². The van der Waals surface area contributed by atoms with Crippen LogP contribution in [0.15, 0.2) is 60.7 Å². The van der Waals surface area contributed by atoms with Crippen molar-refractivity contribution in [1.82, 2.24) is 0 Å². The number of rotatable bonds is 7. The maximum absolute atomic E-state index is 5.89. The summed E-state index contributed by atoms with van der Waals surface area (Å²) in [5, 5.41) is 0. The lowest BCUT2D eigenvalue weighted by atomic mass is 9.93. The highest BCUT2D eigenvalue weighted by Gasteiger charge is 2.08. The molecule has 1 atom stereocenters. The van der Waals surface area contributed by atoms with E-state index in [0.29, 0.717) is 12.5 Å². The van der Waals surface area contributed by atoms with Crippen molar-refractivity contribution in [2.45, 2.75) is 46.1 Å². The first kappa shape index (κ1) is 16.4. The monoisotopic (exact) mass is 294 g/mol. The minimum absolute atomic E-state index is 0.547. The molecule has 2 rings (SSSR count). The van der Waals surface area contributed by atoms with Crippen LogP contribution in [0.1, 0.15) is 49.3 Å². The van der Waals surface area contributed by atoms with E-state index in [4.69, 9.17) is 4.74 Å². The topological polar surface area (TPSA) is 9.23 Å². The highest BCUT2D eigenvalue weighted by atomic mass is 16.5. The molecule has 0 fully saturated rings. The molecule has 1 unspecified atom stereocenters. The molecule has 116 valence electrons. The Hall–Kier alpha value is -2.02. The minimum atomic E-state index is 0.547. The van der Waals surface area contributed by atoms with E-state index in [1.165, 1.54) is 16.7 Å². The Balaban J connectivity index is 1.98. The maximum Gasteiger partial charge on any atom is 0.120 e. The molecule has 2 aromatic carbocycles. The van der Waals surface area contributed by atoms with Gasteiger partial charge in [0.1, 0.15) is 12.4 Å². The molecule has 1 heteroatoms. The number of aryl methyl sites for hydroxylation is 1. The van der Waals surface area contributed by atoms with Crippen LogP contribution < -0.4 is 4.74 Å². The number of hydrogen-bond acceptors (Lipinski definition) is 1. The fourth-order valence-corrected chi connectivity index (χ4v) is 2.63. The zero-order valence-electron chi connectivity index (χ0n) is 13.9. The van der Waals surface area contributed by atoms with Gasteiger partial charge in [0, 0.05) is 0 Å². The smallest absolute Gasteiger partial charge is 0.120 e. The van der Waals surface area contributed by atoms with Gasteiger partial charge in [-0.1, -0.05) is 62.4 Å². The van der Waals surface area contributed by atoms with E-state index in [1.807, 2.05) is 18.2 Å². The van der Waals surface area contributed by atoms with Crippen LogP contribution in [-0.4, -0.2) is 0 Å². The number of hydrogen-bond donors (Lipinski definition) is 0. The van der Waals surface area contributed by atoms with Crippen molar-refractivity contribution in [3.8, 4) is 5.75 Å². The van der Waals surface area contributed by atoms with E-state index >= 15 is 0 Å². The van der Waals surface area contributed by atoms with Crippen LogP contribution in [0.4, 0.5) is 0 Å². The molecule has 0 amide bonds. The standard InChI is InChI=1S/C21H26O/c1-4-5-7-10-17(2)21-14-13-20(15-18(21)3)22-16-19-11-8-6-9-12-19/h5-9,11-15,17H,4,10,16H2,1-3H3/b7-5-. The van der Waals surface area contributed by atoms with E-state index in [9.17, 15) is 0 Å². The van der Waals surface area contributed by atoms with E-state index < -0.39 is 0 Å². The average molecular weight is 294 g/mol. The molecule has 0 saturated heterocycles. The lowest BCUT2D eigenvalue weighted by Gasteiger charge is -2.15. The molecular formula is C21H26O. The third-order valence-corrected chi connectivity index (χ3v) is 3.91. The average Bonchev–Trinajstić information content (AvgIpc) is 2.54. The predicted octanol–water partition coefficient (Wildman–Crippen LogP) is 6.03. The van der Waals surface area contributed by atoms with Gasteiger partial charge in [-0.3, -0.25) is 0 Å². The fourth-order valence-electron chi connectivity index (χ4n) is 2.63. The second-order valence-corrected chi connectivity index (χ2v) is 5.81. The minimum Gasteiger partial charge on any atom is -0.489 e. The van der Waals surface area contributed by atoms with E-state index in [1.54, 1.807) is 0 Å². The highest BCUT2D eigenvalue weighted by Crippen LogP contribution is 2.26. The lowest BCUT2D eigenvalue weighted by molar-refractivity contribution is 0.306. The van der Waals surface area contributed by atoms with Gasteiger partial charge in [-0.15, -0.1) is 0 Å². The van der Waals surface area contributed by atoms with Gasteiger partial charge < -0.3 is 4.74 Å². The number of benzene rings is 2. The number of allylic oxidation sites excluding steroid dienone is 2. The molecule has 0 aliphatic rings. The van der Waals surface area contributed by atoms with Crippen molar-refractivity contribution in [1.29, 1.82) is 0 Å². The molecule has 0 aromatic heterocycles. The molecule has 0 heterocycles. The summed E-state index contributed by atoms with van der Waals surface area (Å²) in [4.78, 5) is 0. The third-order valence-electron chi connectivity index (χ3n) is 3.91. The molecule has 0 N–H and O–H groups in total. The summed E-state index contributed by atoms with van der Waals surface area (Å²) in [7, 11) is 0. The van der Waals surface area contributed by atoms with Crippen LogP contribution in [0, 0.1) is 6.92 Å². The normalized spacial score (nSPS) is 12.5. The molecule has 0 aliphatic heterocycles. The first-order valence-electron chi connectivity index (χ1n) is 8.13. The Kier molecular flexibility index (Phi) is 6.27. The summed E-state index contributed by atoms with van der Waals surface area (Å²) in [6, 6.07) is 16.7. The Morgan fingerprint density at radius 1 is 1.05 bits per heavy atom. The summed E-state index contributed by atoms with van der Waals surface area (Å²) in [6.45, 7) is 7.25. The predicted molar refractivity (Wildman–Crippen MR) is 94.4 cm³/mol. The SMILES string of the molecule is CC/C=C\CC(C)c1ccc(OCc2ccccc2)cc1C. The van der Waals surface area contributed by atoms with Crippen molar-refractivity contribution in [3.63, 3.8) is 0 Å². The Morgan fingerprint density at radius 2 is 1.82 bits per heavy atom. The molecule has 0 spiro atoms. The quantitative estimate of drug-likeness (QED) is 0.566. The van der Waals surface area contributed by atoms with Crippen LogP contribution in [0.2, 0.25) is 0 Å². The Morgan fingerprint density at radius 3 is 2.50 bits per heavy atom. The van der Waals surface area contributed by atoms with Crippen molar-refractivity contribution < 1.29 is 4.74 Å². The van der Waals surface area contributed by atoms with Crippen LogP contribution in [0.25, 0.3) is 0 Å². The van der Waals surface area contributed by atoms with Gasteiger partial charge in [0.25, 0.3) is 0 Å². The largest absolute Gasteiger partial charge is 0.489 e. The van der Waals surface area contributed by atoms with Crippen molar-refractivity contribution in [3.05, 3.63) is 77.4 Å². The number of ether oxygens (including phenoxy) is 1. The summed E-state index contributed by atoms with van der Waals surface area (Å²) in [5.74, 6) is 1.49. The summed E-state index contributed by atoms with van der Waals surface area (Å²) >= 11 is 0. The first-order valence-corrected chi connectivity index (χ1v) is 8.13. The van der Waals surface area contributed by atoms with Gasteiger partial charge in [-0.25, -0.2) is 0 Å². The fraction of sp³-hybridized carbons (Fsp3) is 0.333. The lowest BCUT2D eigenvalue weighted by Crippen LogP contribution is -1.99.